The number of nitrogens with two attached hydrogens (primary N) is 1. The van der Waals surface area contributed by atoms with Crippen LogP contribution in [0.2, 0.25) is 0 Å². The molecule has 22 heavy (non-hydrogen) atoms. The number of carbonyl (C=O) groups excluding carboxylic acids is 1. The Balaban J connectivity index is 1.75. The van der Waals surface area contributed by atoms with Gasteiger partial charge in [0.15, 0.2) is 11.5 Å². The number of thiazole rings is 1. The fraction of sp³-hybridized carbons (Fsp3) is 0.333. The summed E-state index contributed by atoms with van der Waals surface area (Å²) in [6.07, 6.45) is 1.57. The first-order valence-electron chi connectivity index (χ1n) is 6.85. The molecular formula is C15H17N3O3S. The molecule has 0 unspecified atom stereocenters. The van der Waals surface area contributed by atoms with Crippen LogP contribution in [0.25, 0.3) is 10.6 Å². The molecule has 0 saturated carbocycles. The van der Waals surface area contributed by atoms with Crippen molar-refractivity contribution in [2.45, 2.75) is 19.4 Å². The van der Waals surface area contributed by atoms with Gasteiger partial charge in [0.2, 0.25) is 6.79 Å². The predicted molar refractivity (Wildman–Crippen MR) is 84.3 cm³/mol. The van der Waals surface area contributed by atoms with Gasteiger partial charge in [0.25, 0.3) is 5.91 Å². The van der Waals surface area contributed by atoms with Gasteiger partial charge in [-0.1, -0.05) is 0 Å². The Kier molecular flexibility index (Phi) is 3.76. The summed E-state index contributed by atoms with van der Waals surface area (Å²) in [5.74, 6) is 1.26. The van der Waals surface area contributed by atoms with Crippen molar-refractivity contribution in [3.05, 3.63) is 29.3 Å². The van der Waals surface area contributed by atoms with E-state index in [1.165, 1.54) is 11.3 Å². The first-order valence-corrected chi connectivity index (χ1v) is 7.67. The first kappa shape index (κ1) is 14.8. The molecule has 0 saturated heterocycles. The number of hydrogen-bond donors (Lipinski definition) is 2. The third-order valence-electron chi connectivity index (χ3n) is 3.05. The second-order valence-electron chi connectivity index (χ2n) is 5.77. The van der Waals surface area contributed by atoms with E-state index in [2.05, 4.69) is 10.3 Å². The molecule has 3 N–H and O–H groups in total. The van der Waals surface area contributed by atoms with Crippen LogP contribution < -0.4 is 20.5 Å². The van der Waals surface area contributed by atoms with E-state index >= 15 is 0 Å². The molecule has 2 heterocycles. The van der Waals surface area contributed by atoms with E-state index in [-0.39, 0.29) is 12.7 Å². The quantitative estimate of drug-likeness (QED) is 0.900. The van der Waals surface area contributed by atoms with E-state index in [4.69, 9.17) is 15.2 Å². The fourth-order valence-corrected chi connectivity index (χ4v) is 2.77. The molecule has 1 aliphatic heterocycles. The highest BCUT2D eigenvalue weighted by Gasteiger charge is 2.18. The average Bonchev–Trinajstić information content (AvgIpc) is 3.11. The highest BCUT2D eigenvalue weighted by Crippen LogP contribution is 2.36. The highest BCUT2D eigenvalue weighted by atomic mass is 32.1. The van der Waals surface area contributed by atoms with E-state index in [0.717, 1.165) is 16.3 Å². The van der Waals surface area contributed by atoms with E-state index < -0.39 is 5.54 Å². The summed E-state index contributed by atoms with van der Waals surface area (Å²) in [5, 5.41) is 3.57. The minimum absolute atomic E-state index is 0.164. The van der Waals surface area contributed by atoms with Gasteiger partial charge in [-0.25, -0.2) is 4.98 Å². The molecule has 6 nitrogen and oxygen atoms in total. The number of aromatic nitrogens is 1. The largest absolute Gasteiger partial charge is 0.454 e. The number of carbonyl (C=O) groups is 1. The van der Waals surface area contributed by atoms with Gasteiger partial charge in [-0.2, -0.15) is 0 Å². The second kappa shape index (κ2) is 5.58. The first-order chi connectivity index (χ1) is 10.4. The lowest BCUT2D eigenvalue weighted by atomic mass is 10.1. The van der Waals surface area contributed by atoms with Crippen LogP contribution in [-0.2, 0) is 0 Å². The molecule has 1 aromatic carbocycles. The summed E-state index contributed by atoms with van der Waals surface area (Å²) in [7, 11) is 0. The Morgan fingerprint density at radius 1 is 1.41 bits per heavy atom. The van der Waals surface area contributed by atoms with Crippen molar-refractivity contribution >= 4 is 17.2 Å². The third-order valence-corrected chi connectivity index (χ3v) is 4.10. The van der Waals surface area contributed by atoms with Gasteiger partial charge in [0.1, 0.15) is 9.88 Å². The van der Waals surface area contributed by atoms with Gasteiger partial charge in [-0.15, -0.1) is 11.3 Å². The molecule has 0 aliphatic carbocycles. The minimum Gasteiger partial charge on any atom is -0.454 e. The zero-order chi connectivity index (χ0) is 15.7. The Hall–Kier alpha value is -2.12. The summed E-state index contributed by atoms with van der Waals surface area (Å²) >= 11 is 1.33. The molecule has 2 aromatic rings. The third kappa shape index (κ3) is 3.20. The monoisotopic (exact) mass is 319 g/mol. The van der Waals surface area contributed by atoms with E-state index in [0.29, 0.717) is 17.2 Å². The molecule has 1 aromatic heterocycles. The molecule has 0 bridgehead atoms. The molecule has 116 valence electrons. The van der Waals surface area contributed by atoms with E-state index in [1.54, 1.807) is 6.20 Å². The van der Waals surface area contributed by atoms with Crippen LogP contribution >= 0.6 is 11.3 Å². The SMILES string of the molecule is CC(C)(N)CNC(=O)c1cnc(-c2ccc3c(c2)OCO3)s1. The predicted octanol–water partition coefficient (Wildman–Crippen LogP) is 2.01. The second-order valence-corrected chi connectivity index (χ2v) is 6.80. The van der Waals surface area contributed by atoms with Crippen LogP contribution in [0.1, 0.15) is 23.5 Å². The molecule has 1 amide bonds. The van der Waals surface area contributed by atoms with E-state index in [1.807, 2.05) is 32.0 Å². The van der Waals surface area contributed by atoms with Gasteiger partial charge >= 0.3 is 0 Å². The summed E-state index contributed by atoms with van der Waals surface area (Å²) < 4.78 is 10.6. The number of hydrogen-bond acceptors (Lipinski definition) is 6. The molecule has 7 heteroatoms. The maximum atomic E-state index is 12.1. The summed E-state index contributed by atoms with van der Waals surface area (Å²) in [6, 6.07) is 5.61. The zero-order valence-electron chi connectivity index (χ0n) is 12.4. The number of amides is 1. The van der Waals surface area contributed by atoms with Crippen LogP contribution in [0.5, 0.6) is 11.5 Å². The highest BCUT2D eigenvalue weighted by molar-refractivity contribution is 7.16. The smallest absolute Gasteiger partial charge is 0.263 e. The summed E-state index contributed by atoms with van der Waals surface area (Å²) in [4.78, 5) is 16.9. The van der Waals surface area contributed by atoms with Crippen molar-refractivity contribution < 1.29 is 14.3 Å². The van der Waals surface area contributed by atoms with Crippen molar-refractivity contribution in [3.8, 4) is 22.1 Å². The Morgan fingerprint density at radius 3 is 2.95 bits per heavy atom. The van der Waals surface area contributed by atoms with Crippen LogP contribution in [0, 0.1) is 0 Å². The molecular weight excluding hydrogens is 302 g/mol. The molecule has 0 atom stereocenters. The maximum Gasteiger partial charge on any atom is 0.263 e. The lowest BCUT2D eigenvalue weighted by molar-refractivity contribution is 0.0950. The van der Waals surface area contributed by atoms with Crippen LogP contribution in [-0.4, -0.2) is 29.8 Å². The van der Waals surface area contributed by atoms with Gasteiger partial charge in [0.05, 0.1) is 6.20 Å². The van der Waals surface area contributed by atoms with E-state index in [9.17, 15) is 4.79 Å². The molecule has 0 radical (unpaired) electrons. The molecule has 0 fully saturated rings. The normalized spacial score (nSPS) is 13.2. The van der Waals surface area contributed by atoms with Crippen molar-refractivity contribution in [2.24, 2.45) is 5.73 Å². The number of fused-ring (bicyclic) bond motifs is 1. The van der Waals surface area contributed by atoms with Gasteiger partial charge < -0.3 is 20.5 Å². The van der Waals surface area contributed by atoms with Crippen molar-refractivity contribution in [1.82, 2.24) is 10.3 Å². The number of nitrogens with one attached hydrogen (secondary N) is 1. The zero-order valence-corrected chi connectivity index (χ0v) is 13.2. The Labute approximate surface area is 132 Å². The minimum atomic E-state index is -0.444. The Bertz CT molecular complexity index is 706. The Morgan fingerprint density at radius 2 is 2.18 bits per heavy atom. The van der Waals surface area contributed by atoms with Crippen LogP contribution in [0.3, 0.4) is 0 Å². The average molecular weight is 319 g/mol. The van der Waals surface area contributed by atoms with Crippen molar-refractivity contribution in [1.29, 1.82) is 0 Å². The van der Waals surface area contributed by atoms with Crippen LogP contribution in [0.4, 0.5) is 0 Å². The lowest BCUT2D eigenvalue weighted by Gasteiger charge is -2.18. The molecule has 0 spiro atoms. The van der Waals surface area contributed by atoms with Crippen molar-refractivity contribution in [2.75, 3.05) is 13.3 Å². The number of ether oxygens (including phenoxy) is 2. The van der Waals surface area contributed by atoms with Gasteiger partial charge in [-0.05, 0) is 32.0 Å². The lowest BCUT2D eigenvalue weighted by Crippen LogP contribution is -2.44. The summed E-state index contributed by atoms with van der Waals surface area (Å²) in [5.41, 5.74) is 6.31. The molecule has 3 rings (SSSR count). The number of benzene rings is 1. The van der Waals surface area contributed by atoms with Crippen LogP contribution in [0.15, 0.2) is 24.4 Å². The fourth-order valence-electron chi connectivity index (χ4n) is 1.94. The maximum absolute atomic E-state index is 12.1. The van der Waals surface area contributed by atoms with Gasteiger partial charge in [0, 0.05) is 17.6 Å². The standard InChI is InChI=1S/C15H17N3O3S/c1-15(2,16)7-18-13(19)12-6-17-14(22-12)9-3-4-10-11(5-9)21-8-20-10/h3-6H,7-8,16H2,1-2H3,(H,18,19). The van der Waals surface area contributed by atoms with Crippen molar-refractivity contribution in [3.63, 3.8) is 0 Å². The van der Waals surface area contributed by atoms with Gasteiger partial charge in [-0.3, -0.25) is 4.79 Å². The summed E-state index contributed by atoms with van der Waals surface area (Å²) in [6.45, 7) is 4.36. The number of nitrogens with zero attached hydrogens (tertiary/aromatic N) is 1. The molecule has 1 aliphatic rings. The number of rotatable bonds is 4. The topological polar surface area (TPSA) is 86.5 Å².